The SMILES string of the molecule is CCNC(=O)c1cc2c(-c3sc(C(C)(C)O)cc3Oc3ncc(F)cc3C)cn(C)c(=O)c2[nH]1. The van der Waals surface area contributed by atoms with Gasteiger partial charge in [0.05, 0.1) is 16.7 Å². The maximum Gasteiger partial charge on any atom is 0.274 e. The number of nitrogens with one attached hydrogen (secondary N) is 2. The molecule has 0 aromatic carbocycles. The van der Waals surface area contributed by atoms with Gasteiger partial charge in [0.2, 0.25) is 5.88 Å². The molecule has 0 unspecified atom stereocenters. The van der Waals surface area contributed by atoms with Gasteiger partial charge in [-0.2, -0.15) is 0 Å². The van der Waals surface area contributed by atoms with E-state index in [1.165, 1.54) is 22.0 Å². The molecule has 4 rings (SSSR count). The molecule has 178 valence electrons. The van der Waals surface area contributed by atoms with Gasteiger partial charge < -0.3 is 24.7 Å². The van der Waals surface area contributed by atoms with Gasteiger partial charge in [0.15, 0.2) is 0 Å². The Kier molecular flexibility index (Phi) is 6.05. The lowest BCUT2D eigenvalue weighted by Crippen LogP contribution is -2.23. The Morgan fingerprint density at radius 3 is 2.74 bits per heavy atom. The molecular formula is C24H25FN4O4S. The van der Waals surface area contributed by atoms with Gasteiger partial charge in [-0.3, -0.25) is 9.59 Å². The Morgan fingerprint density at radius 2 is 2.09 bits per heavy atom. The van der Waals surface area contributed by atoms with Gasteiger partial charge in [-0.1, -0.05) is 0 Å². The fraction of sp³-hybridized carbons (Fsp3) is 0.292. The number of carbonyl (C=O) groups is 1. The summed E-state index contributed by atoms with van der Waals surface area (Å²) in [6, 6.07) is 4.66. The maximum atomic E-state index is 13.6. The maximum absolute atomic E-state index is 13.6. The number of aromatic amines is 1. The molecular weight excluding hydrogens is 459 g/mol. The van der Waals surface area contributed by atoms with Crippen molar-refractivity contribution in [3.05, 3.63) is 62.9 Å². The summed E-state index contributed by atoms with van der Waals surface area (Å²) in [6.45, 7) is 7.26. The Morgan fingerprint density at radius 1 is 1.35 bits per heavy atom. The number of aryl methyl sites for hydroxylation is 2. The zero-order valence-electron chi connectivity index (χ0n) is 19.4. The fourth-order valence-corrected chi connectivity index (χ4v) is 4.68. The number of amides is 1. The van der Waals surface area contributed by atoms with Gasteiger partial charge >= 0.3 is 0 Å². The second kappa shape index (κ2) is 8.69. The van der Waals surface area contributed by atoms with Crippen LogP contribution in [0.25, 0.3) is 21.3 Å². The van der Waals surface area contributed by atoms with Crippen LogP contribution in [0, 0.1) is 12.7 Å². The molecule has 0 radical (unpaired) electrons. The Balaban J connectivity index is 1.95. The number of pyridine rings is 2. The summed E-state index contributed by atoms with van der Waals surface area (Å²) in [5.41, 5.74) is 0.246. The van der Waals surface area contributed by atoms with Crippen LogP contribution in [0.3, 0.4) is 0 Å². The zero-order chi connectivity index (χ0) is 24.8. The number of ether oxygens (including phenoxy) is 1. The first kappa shape index (κ1) is 23.7. The van der Waals surface area contributed by atoms with Crippen LogP contribution in [0.15, 0.2) is 35.4 Å². The largest absolute Gasteiger partial charge is 0.437 e. The first-order chi connectivity index (χ1) is 16.0. The van der Waals surface area contributed by atoms with Crippen molar-refractivity contribution in [2.24, 2.45) is 7.05 Å². The predicted octanol–water partition coefficient (Wildman–Crippen LogP) is 4.21. The highest BCUT2D eigenvalue weighted by molar-refractivity contribution is 7.16. The van der Waals surface area contributed by atoms with E-state index in [1.807, 2.05) is 6.92 Å². The molecule has 0 aliphatic rings. The number of thiophene rings is 1. The average molecular weight is 485 g/mol. The molecule has 4 aromatic heterocycles. The van der Waals surface area contributed by atoms with Crippen LogP contribution in [0.2, 0.25) is 0 Å². The van der Waals surface area contributed by atoms with E-state index >= 15 is 0 Å². The molecule has 3 N–H and O–H groups in total. The number of halogens is 1. The van der Waals surface area contributed by atoms with Crippen molar-refractivity contribution in [3.63, 3.8) is 0 Å². The minimum absolute atomic E-state index is 0.223. The molecule has 0 aliphatic heterocycles. The monoisotopic (exact) mass is 484 g/mol. The second-order valence-electron chi connectivity index (χ2n) is 8.53. The molecule has 0 bridgehead atoms. The molecule has 0 fully saturated rings. The van der Waals surface area contributed by atoms with Crippen LogP contribution in [-0.2, 0) is 12.6 Å². The molecule has 4 aromatic rings. The van der Waals surface area contributed by atoms with E-state index < -0.39 is 11.4 Å². The Labute approximate surface area is 199 Å². The van der Waals surface area contributed by atoms with Gasteiger partial charge in [0.25, 0.3) is 11.5 Å². The van der Waals surface area contributed by atoms with Gasteiger partial charge in [0, 0.05) is 41.2 Å². The number of hydrogen-bond acceptors (Lipinski definition) is 6. The minimum Gasteiger partial charge on any atom is -0.437 e. The number of hydrogen-bond donors (Lipinski definition) is 3. The van der Waals surface area contributed by atoms with Gasteiger partial charge in [-0.25, -0.2) is 9.37 Å². The summed E-state index contributed by atoms with van der Waals surface area (Å²) in [5.74, 6) is -0.179. The number of nitrogens with zero attached hydrogens (tertiary/aromatic N) is 2. The molecule has 0 aliphatic carbocycles. The lowest BCUT2D eigenvalue weighted by atomic mass is 10.1. The molecule has 34 heavy (non-hydrogen) atoms. The van der Waals surface area contributed by atoms with Crippen LogP contribution in [0.5, 0.6) is 11.6 Å². The molecule has 0 saturated heterocycles. The molecule has 0 saturated carbocycles. The average Bonchev–Trinajstić information content (AvgIpc) is 3.38. The summed E-state index contributed by atoms with van der Waals surface area (Å²) < 4.78 is 21.1. The molecule has 1 amide bonds. The Hall–Kier alpha value is -3.50. The molecule has 0 atom stereocenters. The molecule has 4 heterocycles. The van der Waals surface area contributed by atoms with E-state index in [1.54, 1.807) is 46.1 Å². The van der Waals surface area contributed by atoms with E-state index in [2.05, 4.69) is 15.3 Å². The molecule has 8 nitrogen and oxygen atoms in total. The number of H-pyrrole nitrogens is 1. The van der Waals surface area contributed by atoms with Crippen molar-refractivity contribution < 1.29 is 19.0 Å². The smallest absolute Gasteiger partial charge is 0.274 e. The summed E-state index contributed by atoms with van der Waals surface area (Å²) in [7, 11) is 1.62. The minimum atomic E-state index is -1.16. The highest BCUT2D eigenvalue weighted by atomic mass is 32.1. The third kappa shape index (κ3) is 4.34. The number of fused-ring (bicyclic) bond motifs is 1. The normalized spacial score (nSPS) is 11.7. The standard InChI is InChI=1S/C24H25FN4O4S/c1-6-26-21(30)16-8-14-15(11-29(5)23(31)19(14)28-16)20-17(9-18(34-20)24(3,4)32)33-22-12(2)7-13(25)10-27-22/h7-11,28,32H,6H2,1-5H3,(H,26,30). The third-order valence-corrected chi connectivity index (χ3v) is 6.76. The van der Waals surface area contributed by atoms with Crippen molar-refractivity contribution in [1.29, 1.82) is 0 Å². The summed E-state index contributed by atoms with van der Waals surface area (Å²) >= 11 is 1.30. The highest BCUT2D eigenvalue weighted by Crippen LogP contribution is 2.45. The van der Waals surface area contributed by atoms with Gasteiger partial charge in [-0.15, -0.1) is 11.3 Å². The summed E-state index contributed by atoms with van der Waals surface area (Å²) in [4.78, 5) is 33.5. The topological polar surface area (TPSA) is 109 Å². The van der Waals surface area contributed by atoms with Crippen LogP contribution in [0.4, 0.5) is 4.39 Å². The highest BCUT2D eigenvalue weighted by Gasteiger charge is 2.26. The number of aromatic nitrogens is 3. The fourth-order valence-electron chi connectivity index (χ4n) is 3.57. The van der Waals surface area contributed by atoms with Crippen molar-refractivity contribution >= 4 is 28.1 Å². The van der Waals surface area contributed by atoms with Crippen LogP contribution >= 0.6 is 11.3 Å². The zero-order valence-corrected chi connectivity index (χ0v) is 20.3. The van der Waals surface area contributed by atoms with E-state index in [-0.39, 0.29) is 28.6 Å². The predicted molar refractivity (Wildman–Crippen MR) is 129 cm³/mol. The van der Waals surface area contributed by atoms with Crippen LogP contribution in [0.1, 0.15) is 41.7 Å². The van der Waals surface area contributed by atoms with E-state index in [9.17, 15) is 19.1 Å². The van der Waals surface area contributed by atoms with Gasteiger partial charge in [-0.05, 0) is 45.9 Å². The van der Waals surface area contributed by atoms with Crippen molar-refractivity contribution in [1.82, 2.24) is 19.9 Å². The Bertz CT molecular complexity index is 1460. The van der Waals surface area contributed by atoms with Crippen LogP contribution in [-0.4, -0.2) is 32.1 Å². The van der Waals surface area contributed by atoms with E-state index in [0.29, 0.717) is 38.6 Å². The lowest BCUT2D eigenvalue weighted by Gasteiger charge is -2.13. The van der Waals surface area contributed by atoms with E-state index in [4.69, 9.17) is 4.74 Å². The van der Waals surface area contributed by atoms with Crippen molar-refractivity contribution in [3.8, 4) is 22.1 Å². The second-order valence-corrected chi connectivity index (χ2v) is 9.58. The number of aliphatic hydroxyl groups is 1. The van der Waals surface area contributed by atoms with Crippen molar-refractivity contribution in [2.75, 3.05) is 6.54 Å². The third-order valence-electron chi connectivity index (χ3n) is 5.30. The van der Waals surface area contributed by atoms with Gasteiger partial charge in [0.1, 0.15) is 22.8 Å². The first-order valence-corrected chi connectivity index (χ1v) is 11.5. The lowest BCUT2D eigenvalue weighted by molar-refractivity contribution is 0.0824. The number of rotatable bonds is 6. The first-order valence-electron chi connectivity index (χ1n) is 10.7. The van der Waals surface area contributed by atoms with E-state index in [0.717, 1.165) is 6.20 Å². The quantitative estimate of drug-likeness (QED) is 0.380. The van der Waals surface area contributed by atoms with Crippen molar-refractivity contribution in [2.45, 2.75) is 33.3 Å². The summed E-state index contributed by atoms with van der Waals surface area (Å²) in [6.07, 6.45) is 2.73. The summed E-state index contributed by atoms with van der Waals surface area (Å²) in [5, 5.41) is 13.9. The molecule has 0 spiro atoms. The van der Waals surface area contributed by atoms with Crippen LogP contribution < -0.4 is 15.6 Å². The number of carbonyl (C=O) groups excluding carboxylic acids is 1. The molecule has 10 heteroatoms.